The summed E-state index contributed by atoms with van der Waals surface area (Å²) in [5, 5.41) is 27.0. The number of hydrogen-bond donors (Lipinski definition) is 5. The maximum atomic E-state index is 13.4. The number of fused-ring (bicyclic) bond motifs is 1. The van der Waals surface area contributed by atoms with Gasteiger partial charge in [0.15, 0.2) is 6.10 Å². The Morgan fingerprint density at radius 3 is 2.41 bits per heavy atom. The standard InChI is InChI=1S/C26H32ClN5O10S2/c1-3-31(9-8-24(33)34)25(35)32(26(36)37)14-18(10-15(32)2)42-17-6-4-16(5-7-17)11-23-29-20-12-19(27)21(43(28,38)39)13-22(20)44(40,41)30-23/h4-7,12-13,15,18,23,29-30H,3,8-11,14H2,1-2H3,(H3-,28,33,34,36,37,38,39)/p+1/t15-,18-,23?,32-/m1/s1. The molecule has 6 N–H and O–H groups in total. The van der Waals surface area contributed by atoms with Gasteiger partial charge in [0, 0.05) is 25.9 Å². The van der Waals surface area contributed by atoms with Crippen LogP contribution in [-0.2, 0) is 31.3 Å². The van der Waals surface area contributed by atoms with Gasteiger partial charge in [0.05, 0.1) is 23.3 Å². The number of aliphatic carboxylic acids is 1. The van der Waals surface area contributed by atoms with Crippen molar-refractivity contribution in [1.82, 2.24) is 9.62 Å². The molecule has 3 amide bonds. The zero-order valence-electron chi connectivity index (χ0n) is 23.8. The number of nitrogens with zero attached hydrogens (tertiary/aromatic N) is 2. The Kier molecular flexibility index (Phi) is 9.48. The number of urea groups is 1. The number of imide groups is 1. The number of primary sulfonamides is 1. The van der Waals surface area contributed by atoms with E-state index in [0.29, 0.717) is 11.3 Å². The minimum atomic E-state index is -4.25. The molecule has 0 saturated carbocycles. The van der Waals surface area contributed by atoms with Gasteiger partial charge in [-0.25, -0.2) is 26.8 Å². The third kappa shape index (κ3) is 6.77. The summed E-state index contributed by atoms with van der Waals surface area (Å²) < 4.78 is 56.9. The van der Waals surface area contributed by atoms with Crippen molar-refractivity contribution >= 4 is 55.4 Å². The molecule has 0 spiro atoms. The van der Waals surface area contributed by atoms with E-state index in [1.807, 2.05) is 0 Å². The number of quaternary nitrogens is 1. The normalized spacial score (nSPS) is 24.1. The third-order valence-corrected chi connectivity index (χ3v) is 10.6. The van der Waals surface area contributed by atoms with Crippen molar-refractivity contribution in [3.63, 3.8) is 0 Å². The van der Waals surface area contributed by atoms with Gasteiger partial charge in [-0.3, -0.25) is 9.69 Å². The van der Waals surface area contributed by atoms with Crippen molar-refractivity contribution < 1.29 is 50.7 Å². The molecule has 2 aliphatic heterocycles. The van der Waals surface area contributed by atoms with Crippen LogP contribution in [0.2, 0.25) is 5.02 Å². The van der Waals surface area contributed by atoms with Crippen molar-refractivity contribution in [2.75, 3.05) is 25.0 Å². The minimum Gasteiger partial charge on any atom is -0.484 e. The van der Waals surface area contributed by atoms with E-state index < -0.39 is 65.8 Å². The second-order valence-corrected chi connectivity index (χ2v) is 14.3. The van der Waals surface area contributed by atoms with Crippen LogP contribution in [0, 0.1) is 0 Å². The second kappa shape index (κ2) is 12.5. The van der Waals surface area contributed by atoms with Crippen molar-refractivity contribution in [2.24, 2.45) is 5.14 Å². The Labute approximate surface area is 259 Å². The van der Waals surface area contributed by atoms with Crippen LogP contribution in [0.15, 0.2) is 46.2 Å². The predicted octanol–water partition coefficient (Wildman–Crippen LogP) is 2.21. The van der Waals surface area contributed by atoms with Crippen LogP contribution in [0.5, 0.6) is 5.75 Å². The lowest BCUT2D eigenvalue weighted by Gasteiger charge is -2.33. The molecule has 0 radical (unpaired) electrons. The summed E-state index contributed by atoms with van der Waals surface area (Å²) in [7, 11) is -8.36. The van der Waals surface area contributed by atoms with Gasteiger partial charge in [-0.15, -0.1) is 4.48 Å². The molecule has 15 nitrogen and oxygen atoms in total. The SMILES string of the molecule is CCN(CCC(=O)O)C(=O)[N@@+]1(C(=O)O)C[C@H](Oc2ccc(CC3Nc4cc(Cl)c(S(N)(=O)=O)cc4S(=O)(=O)N3)cc2)C[C@H]1C. The van der Waals surface area contributed by atoms with E-state index in [9.17, 15) is 36.3 Å². The van der Waals surface area contributed by atoms with Crippen molar-refractivity contribution in [3.05, 3.63) is 47.0 Å². The third-order valence-electron chi connectivity index (χ3n) is 7.70. The number of carbonyl (C=O) groups excluding carboxylic acids is 1. The van der Waals surface area contributed by atoms with Crippen LogP contribution in [-0.4, -0.2) is 92.5 Å². The number of nitrogens with one attached hydrogen (secondary N) is 2. The van der Waals surface area contributed by atoms with Gasteiger partial charge in [0.25, 0.3) is 0 Å². The first-order valence-electron chi connectivity index (χ1n) is 13.5. The lowest BCUT2D eigenvalue weighted by atomic mass is 10.1. The molecule has 1 unspecified atom stereocenters. The Balaban J connectivity index is 1.45. The van der Waals surface area contributed by atoms with E-state index in [-0.39, 0.29) is 54.5 Å². The number of carbonyl (C=O) groups is 3. The van der Waals surface area contributed by atoms with Gasteiger partial charge >= 0.3 is 18.1 Å². The fourth-order valence-electron chi connectivity index (χ4n) is 5.49. The number of carboxylic acid groups (broad SMARTS) is 2. The summed E-state index contributed by atoms with van der Waals surface area (Å²) in [5.74, 6) is -0.686. The van der Waals surface area contributed by atoms with Crippen LogP contribution in [0.1, 0.15) is 32.3 Å². The number of amides is 3. The van der Waals surface area contributed by atoms with Crippen LogP contribution in [0.4, 0.5) is 15.3 Å². The number of ether oxygens (including phenoxy) is 1. The number of hydrogen-bond acceptors (Lipinski definition) is 9. The zero-order valence-corrected chi connectivity index (χ0v) is 26.2. The molecular weight excluding hydrogens is 642 g/mol. The number of likely N-dealkylation sites (tertiary alicyclic amines) is 1. The van der Waals surface area contributed by atoms with Gasteiger partial charge < -0.3 is 20.3 Å². The van der Waals surface area contributed by atoms with Crippen molar-refractivity contribution in [1.29, 1.82) is 0 Å². The number of carboxylic acids is 1. The van der Waals surface area contributed by atoms with Crippen LogP contribution < -0.4 is 19.9 Å². The first-order chi connectivity index (χ1) is 20.5. The summed E-state index contributed by atoms with van der Waals surface area (Å²) in [6, 6.07) is 7.44. The first-order valence-corrected chi connectivity index (χ1v) is 16.9. The molecule has 1 fully saturated rings. The van der Waals surface area contributed by atoms with E-state index in [4.69, 9.17) is 26.6 Å². The fourth-order valence-corrected chi connectivity index (χ4v) is 7.99. The zero-order chi connectivity index (χ0) is 32.6. The molecule has 0 aromatic heterocycles. The number of sulfonamides is 2. The number of benzene rings is 2. The Bertz CT molecular complexity index is 1690. The Hall–Kier alpha value is -3.48. The van der Waals surface area contributed by atoms with E-state index in [1.165, 1.54) is 11.0 Å². The fraction of sp³-hybridized carbons (Fsp3) is 0.423. The van der Waals surface area contributed by atoms with Gasteiger partial charge in [0.1, 0.15) is 28.1 Å². The highest BCUT2D eigenvalue weighted by atomic mass is 35.5. The molecule has 2 heterocycles. The Morgan fingerprint density at radius 2 is 1.84 bits per heavy atom. The molecule has 4 atom stereocenters. The molecule has 0 aliphatic carbocycles. The topological polar surface area (TPSA) is 222 Å². The van der Waals surface area contributed by atoms with Gasteiger partial charge in [0.2, 0.25) is 20.0 Å². The van der Waals surface area contributed by atoms with E-state index in [2.05, 4.69) is 10.0 Å². The molecule has 2 aromatic carbocycles. The summed E-state index contributed by atoms with van der Waals surface area (Å²) in [6.45, 7) is 3.19. The highest BCUT2D eigenvalue weighted by molar-refractivity contribution is 7.90. The van der Waals surface area contributed by atoms with Gasteiger partial charge in [-0.1, -0.05) is 23.7 Å². The maximum absolute atomic E-state index is 13.4. The Morgan fingerprint density at radius 1 is 1.18 bits per heavy atom. The monoisotopic (exact) mass is 674 g/mol. The minimum absolute atomic E-state index is 0.112. The summed E-state index contributed by atoms with van der Waals surface area (Å²) >= 11 is 6.04. The molecule has 240 valence electrons. The van der Waals surface area contributed by atoms with Crippen molar-refractivity contribution in [3.8, 4) is 5.75 Å². The molecular formula is C26H33ClN5O10S2+. The smallest absolute Gasteiger partial charge is 0.484 e. The van der Waals surface area contributed by atoms with Crippen LogP contribution in [0.3, 0.4) is 0 Å². The predicted molar refractivity (Wildman–Crippen MR) is 157 cm³/mol. The molecule has 0 bridgehead atoms. The number of rotatable bonds is 9. The van der Waals surface area contributed by atoms with Crippen LogP contribution >= 0.6 is 11.6 Å². The van der Waals surface area contributed by atoms with Gasteiger partial charge in [-0.05, 0) is 43.7 Å². The molecule has 18 heteroatoms. The van der Waals surface area contributed by atoms with Gasteiger partial charge in [-0.2, -0.15) is 9.52 Å². The molecule has 44 heavy (non-hydrogen) atoms. The number of halogens is 1. The second-order valence-electron chi connectivity index (χ2n) is 10.7. The van der Waals surface area contributed by atoms with E-state index in [1.54, 1.807) is 38.1 Å². The number of anilines is 1. The highest BCUT2D eigenvalue weighted by Crippen LogP contribution is 2.35. The summed E-state index contributed by atoms with van der Waals surface area (Å²) in [5.41, 5.74) is 0.816. The van der Waals surface area contributed by atoms with Crippen LogP contribution in [0.25, 0.3) is 0 Å². The molecule has 4 rings (SSSR count). The molecule has 2 aliphatic rings. The molecule has 2 aromatic rings. The lowest BCUT2D eigenvalue weighted by Crippen LogP contribution is -2.63. The number of nitrogens with two attached hydrogens (primary N) is 1. The van der Waals surface area contributed by atoms with E-state index >= 15 is 0 Å². The lowest BCUT2D eigenvalue weighted by molar-refractivity contribution is -0.792. The molecule has 1 saturated heterocycles. The highest BCUT2D eigenvalue weighted by Gasteiger charge is 2.59. The average molecular weight is 675 g/mol. The summed E-state index contributed by atoms with van der Waals surface area (Å²) in [4.78, 5) is 37.2. The largest absolute Gasteiger partial charge is 0.523 e. The quantitative estimate of drug-likeness (QED) is 0.243. The maximum Gasteiger partial charge on any atom is 0.523 e. The summed E-state index contributed by atoms with van der Waals surface area (Å²) in [6.07, 6.45) is -2.62. The average Bonchev–Trinajstić information content (AvgIpc) is 3.24. The first kappa shape index (κ1) is 33.4. The van der Waals surface area contributed by atoms with Crippen molar-refractivity contribution in [2.45, 2.75) is 61.2 Å². The van der Waals surface area contributed by atoms with E-state index in [0.717, 1.165) is 6.07 Å².